The summed E-state index contributed by atoms with van der Waals surface area (Å²) in [5.41, 5.74) is 2.55. The van der Waals surface area contributed by atoms with E-state index in [4.69, 9.17) is 5.73 Å². The molecule has 0 saturated carbocycles. The van der Waals surface area contributed by atoms with Gasteiger partial charge < -0.3 is 5.73 Å². The van der Waals surface area contributed by atoms with Crippen molar-refractivity contribution in [3.05, 3.63) is 29.3 Å². The normalized spacial score (nSPS) is 11.8. The molecule has 0 aliphatic carbocycles. The van der Waals surface area contributed by atoms with Gasteiger partial charge in [0.2, 0.25) is 0 Å². The molecule has 0 unspecified atom stereocenters. The lowest BCUT2D eigenvalue weighted by atomic mass is 10.2. The Labute approximate surface area is 70.0 Å². The maximum absolute atomic E-state index is 12.6. The Morgan fingerprint density at radius 1 is 1.00 bits per heavy atom. The first-order chi connectivity index (χ1) is 5.84. The molecule has 0 fully saturated rings. The molecule has 0 atom stereocenters. The summed E-state index contributed by atoms with van der Waals surface area (Å²) in [6, 6.07) is 1.06. The van der Waals surface area contributed by atoms with Crippen molar-refractivity contribution in [3.8, 4) is 0 Å². The number of anilines is 1. The highest BCUT2D eigenvalue weighted by Crippen LogP contribution is 2.33. The predicted octanol–water partition coefficient (Wildman–Crippen LogP) is 2.57. The summed E-state index contributed by atoms with van der Waals surface area (Å²) < 4.78 is 60.8. The Hall–Kier alpha value is -1.33. The quantitative estimate of drug-likeness (QED) is 0.502. The van der Waals surface area contributed by atoms with Crippen LogP contribution in [0.15, 0.2) is 12.1 Å². The van der Waals surface area contributed by atoms with E-state index in [0.29, 0.717) is 12.1 Å². The van der Waals surface area contributed by atoms with E-state index >= 15 is 0 Å². The van der Waals surface area contributed by atoms with Gasteiger partial charge in [0.25, 0.3) is 0 Å². The molecule has 13 heavy (non-hydrogen) atoms. The average molecular weight is 197 g/mol. The summed E-state index contributed by atoms with van der Waals surface area (Å²) in [4.78, 5) is 0. The number of hydrogen-bond acceptors (Lipinski definition) is 1. The summed E-state index contributed by atoms with van der Waals surface area (Å²) in [6.07, 6.45) is -4.90. The number of benzene rings is 1. The van der Waals surface area contributed by atoms with Crippen LogP contribution >= 0.6 is 0 Å². The highest BCUT2D eigenvalue weighted by atomic mass is 19.4. The molecule has 0 amide bonds. The van der Waals surface area contributed by atoms with Crippen LogP contribution in [0.5, 0.6) is 0 Å². The molecule has 1 rings (SSSR count). The minimum absolute atomic E-state index is 0.397. The number of nitrogens with two attached hydrogens (primary N) is 1. The van der Waals surface area contributed by atoms with Gasteiger partial charge in [-0.2, -0.15) is 13.2 Å². The zero-order chi connectivity index (χ0) is 10.2. The van der Waals surface area contributed by atoms with Crippen LogP contribution in [0.4, 0.5) is 27.6 Å². The van der Waals surface area contributed by atoms with Gasteiger partial charge in [0.1, 0.15) is 0 Å². The van der Waals surface area contributed by atoms with E-state index in [0.717, 1.165) is 0 Å². The molecule has 0 heterocycles. The lowest BCUT2D eigenvalue weighted by Crippen LogP contribution is -2.10. The topological polar surface area (TPSA) is 26.0 Å². The zero-order valence-electron chi connectivity index (χ0n) is 6.12. The summed E-state index contributed by atoms with van der Waals surface area (Å²) in [6.45, 7) is 0. The molecular weight excluding hydrogens is 193 g/mol. The van der Waals surface area contributed by atoms with E-state index in [1.807, 2.05) is 0 Å². The van der Waals surface area contributed by atoms with E-state index in [1.54, 1.807) is 0 Å². The maximum atomic E-state index is 12.6. The van der Waals surface area contributed by atoms with E-state index in [9.17, 15) is 22.0 Å². The van der Waals surface area contributed by atoms with E-state index < -0.39 is 29.1 Å². The van der Waals surface area contributed by atoms with Gasteiger partial charge in [-0.1, -0.05) is 0 Å². The smallest absolute Gasteiger partial charge is 0.396 e. The van der Waals surface area contributed by atoms with Gasteiger partial charge in [-0.05, 0) is 12.1 Å². The molecule has 0 aliphatic heterocycles. The fraction of sp³-hybridized carbons (Fsp3) is 0.143. The first kappa shape index (κ1) is 9.76. The van der Waals surface area contributed by atoms with Crippen LogP contribution in [-0.4, -0.2) is 0 Å². The summed E-state index contributed by atoms with van der Waals surface area (Å²) in [5, 5.41) is 0. The van der Waals surface area contributed by atoms with Crippen LogP contribution in [0.2, 0.25) is 0 Å². The Morgan fingerprint density at radius 3 is 2.00 bits per heavy atom. The van der Waals surface area contributed by atoms with Crippen LogP contribution < -0.4 is 5.73 Å². The molecule has 0 saturated heterocycles. The molecule has 72 valence electrons. The van der Waals surface area contributed by atoms with Crippen molar-refractivity contribution in [1.82, 2.24) is 0 Å². The number of halogens is 5. The molecule has 0 aromatic heterocycles. The second-order valence-electron chi connectivity index (χ2n) is 2.33. The van der Waals surface area contributed by atoms with Crippen molar-refractivity contribution < 1.29 is 22.0 Å². The van der Waals surface area contributed by atoms with Gasteiger partial charge in [0.05, 0.1) is 11.3 Å². The SMILES string of the molecule is Nc1ccc(C(F)(F)F)c(F)c1F. The lowest BCUT2D eigenvalue weighted by molar-refractivity contribution is -0.140. The molecule has 1 nitrogen and oxygen atoms in total. The molecule has 0 spiro atoms. The van der Waals surface area contributed by atoms with Crippen LogP contribution in [0.1, 0.15) is 5.56 Å². The van der Waals surface area contributed by atoms with Gasteiger partial charge in [-0.3, -0.25) is 0 Å². The fourth-order valence-electron chi connectivity index (χ4n) is 0.783. The van der Waals surface area contributed by atoms with Crippen molar-refractivity contribution in [2.24, 2.45) is 0 Å². The van der Waals surface area contributed by atoms with Crippen molar-refractivity contribution in [3.63, 3.8) is 0 Å². The molecular formula is C7H4F5N. The molecule has 2 N–H and O–H groups in total. The third-order valence-corrected chi connectivity index (χ3v) is 1.42. The Morgan fingerprint density at radius 2 is 1.54 bits per heavy atom. The monoisotopic (exact) mass is 197 g/mol. The second-order valence-corrected chi connectivity index (χ2v) is 2.33. The van der Waals surface area contributed by atoms with E-state index in [2.05, 4.69) is 0 Å². The summed E-state index contributed by atoms with van der Waals surface area (Å²) >= 11 is 0. The van der Waals surface area contributed by atoms with Crippen LogP contribution in [0.25, 0.3) is 0 Å². The number of alkyl halides is 3. The minimum atomic E-state index is -4.90. The first-order valence-corrected chi connectivity index (χ1v) is 3.14. The Bertz CT molecular complexity index is 330. The van der Waals surface area contributed by atoms with Crippen LogP contribution in [-0.2, 0) is 6.18 Å². The third-order valence-electron chi connectivity index (χ3n) is 1.42. The van der Waals surface area contributed by atoms with E-state index in [-0.39, 0.29) is 0 Å². The second kappa shape index (κ2) is 2.86. The molecule has 1 aromatic carbocycles. The molecule has 0 aliphatic rings. The third kappa shape index (κ3) is 1.71. The largest absolute Gasteiger partial charge is 0.419 e. The number of hydrogen-bond donors (Lipinski definition) is 1. The maximum Gasteiger partial charge on any atom is 0.419 e. The number of rotatable bonds is 0. The van der Waals surface area contributed by atoms with Crippen molar-refractivity contribution in [1.29, 1.82) is 0 Å². The fourth-order valence-corrected chi connectivity index (χ4v) is 0.783. The van der Waals surface area contributed by atoms with Crippen LogP contribution in [0, 0.1) is 11.6 Å². The highest BCUT2D eigenvalue weighted by Gasteiger charge is 2.35. The van der Waals surface area contributed by atoms with Gasteiger partial charge in [0, 0.05) is 0 Å². The van der Waals surface area contributed by atoms with Crippen molar-refractivity contribution in [2.45, 2.75) is 6.18 Å². The molecule has 1 aromatic rings. The molecule has 0 bridgehead atoms. The summed E-state index contributed by atoms with van der Waals surface area (Å²) in [7, 11) is 0. The highest BCUT2D eigenvalue weighted by molar-refractivity contribution is 5.43. The average Bonchev–Trinajstić information content (AvgIpc) is 1.98. The Balaban J connectivity index is 3.35. The van der Waals surface area contributed by atoms with Crippen molar-refractivity contribution in [2.75, 3.05) is 5.73 Å². The lowest BCUT2D eigenvalue weighted by Gasteiger charge is -2.08. The van der Waals surface area contributed by atoms with Gasteiger partial charge in [-0.25, -0.2) is 8.78 Å². The Kier molecular flexibility index (Phi) is 2.15. The first-order valence-electron chi connectivity index (χ1n) is 3.14. The zero-order valence-corrected chi connectivity index (χ0v) is 6.12. The standard InChI is InChI=1S/C7H4F5N/c8-5-3(7(10,11)12)1-2-4(13)6(5)9/h1-2H,13H2. The molecule has 6 heteroatoms. The summed E-state index contributed by atoms with van der Waals surface area (Å²) in [5.74, 6) is -3.64. The van der Waals surface area contributed by atoms with E-state index in [1.165, 1.54) is 0 Å². The van der Waals surface area contributed by atoms with Gasteiger partial charge >= 0.3 is 6.18 Å². The number of nitrogen functional groups attached to an aromatic ring is 1. The predicted molar refractivity (Wildman–Crippen MR) is 35.8 cm³/mol. The minimum Gasteiger partial charge on any atom is -0.396 e. The van der Waals surface area contributed by atoms with Crippen molar-refractivity contribution >= 4 is 5.69 Å². The van der Waals surface area contributed by atoms with Gasteiger partial charge in [-0.15, -0.1) is 0 Å². The van der Waals surface area contributed by atoms with Gasteiger partial charge in [0.15, 0.2) is 11.6 Å². The van der Waals surface area contributed by atoms with Crippen LogP contribution in [0.3, 0.4) is 0 Å². The molecule has 0 radical (unpaired) electrons.